The van der Waals surface area contributed by atoms with Crippen LogP contribution in [0.1, 0.15) is 20.3 Å². The maximum absolute atomic E-state index is 12.8. The molecule has 9 nitrogen and oxygen atoms in total. The highest BCUT2D eigenvalue weighted by Gasteiger charge is 2.24. The summed E-state index contributed by atoms with van der Waals surface area (Å²) in [6.45, 7) is 4.21. The van der Waals surface area contributed by atoms with Crippen LogP contribution in [0.4, 0.5) is 0 Å². The lowest BCUT2D eigenvalue weighted by atomic mass is 10.1. The van der Waals surface area contributed by atoms with Gasteiger partial charge in [0.15, 0.2) is 0 Å². The number of carbonyl (C=O) groups excluding carboxylic acids is 1. The second kappa shape index (κ2) is 8.27. The van der Waals surface area contributed by atoms with Crippen molar-refractivity contribution in [1.29, 1.82) is 0 Å². The van der Waals surface area contributed by atoms with Gasteiger partial charge < -0.3 is 5.32 Å². The van der Waals surface area contributed by atoms with Gasteiger partial charge in [-0.15, -0.1) is 0 Å². The summed E-state index contributed by atoms with van der Waals surface area (Å²) in [6, 6.07) is 3.98. The van der Waals surface area contributed by atoms with E-state index in [0.29, 0.717) is 18.0 Å². The van der Waals surface area contributed by atoms with Gasteiger partial charge in [-0.2, -0.15) is 4.31 Å². The Balaban J connectivity index is 2.32. The van der Waals surface area contributed by atoms with Crippen LogP contribution in [0.25, 0.3) is 10.9 Å². The number of rotatable bonds is 7. The number of likely N-dealkylation sites (N-methyl/N-ethyl adjacent to an activating group) is 1. The number of sulfonamides is 1. The molecule has 0 aliphatic carbocycles. The number of aryl methyl sites for hydroxylation is 1. The fourth-order valence-corrected chi connectivity index (χ4v) is 3.91. The van der Waals surface area contributed by atoms with Crippen molar-refractivity contribution in [2.45, 2.75) is 25.2 Å². The molecule has 28 heavy (non-hydrogen) atoms. The van der Waals surface area contributed by atoms with E-state index >= 15 is 0 Å². The SMILES string of the molecule is CC(C)CCNC(=O)CN(C)S(=O)(=O)c1ccc2c(c1)c(=O)n(C)c(=O)n2C. The van der Waals surface area contributed by atoms with Crippen molar-refractivity contribution in [3.8, 4) is 0 Å². The van der Waals surface area contributed by atoms with Crippen LogP contribution in [0, 0.1) is 5.92 Å². The molecular formula is C18H26N4O5S. The normalized spacial score (nSPS) is 12.1. The number of amides is 1. The van der Waals surface area contributed by atoms with Crippen molar-refractivity contribution in [3.63, 3.8) is 0 Å². The first kappa shape index (κ1) is 21.8. The average molecular weight is 410 g/mol. The number of fused-ring (bicyclic) bond motifs is 1. The van der Waals surface area contributed by atoms with Gasteiger partial charge >= 0.3 is 5.69 Å². The molecule has 0 saturated heterocycles. The van der Waals surface area contributed by atoms with Gasteiger partial charge in [-0.3, -0.25) is 18.7 Å². The van der Waals surface area contributed by atoms with Crippen LogP contribution in [-0.2, 0) is 28.9 Å². The number of aromatic nitrogens is 2. The maximum Gasteiger partial charge on any atom is 0.330 e. The van der Waals surface area contributed by atoms with Crippen LogP contribution in [0.15, 0.2) is 32.7 Å². The molecule has 2 rings (SSSR count). The predicted molar refractivity (Wildman–Crippen MR) is 107 cm³/mol. The second-order valence-electron chi connectivity index (χ2n) is 7.18. The van der Waals surface area contributed by atoms with Gasteiger partial charge in [-0.05, 0) is 30.5 Å². The topological polar surface area (TPSA) is 110 Å². The highest BCUT2D eigenvalue weighted by atomic mass is 32.2. The summed E-state index contributed by atoms with van der Waals surface area (Å²) in [5.74, 6) is 0.0313. The van der Waals surface area contributed by atoms with Gasteiger partial charge in [0.2, 0.25) is 15.9 Å². The Morgan fingerprint density at radius 2 is 1.82 bits per heavy atom. The second-order valence-corrected chi connectivity index (χ2v) is 9.22. The fraction of sp³-hybridized carbons (Fsp3) is 0.500. The lowest BCUT2D eigenvalue weighted by molar-refractivity contribution is -0.121. The molecule has 154 valence electrons. The summed E-state index contributed by atoms with van der Waals surface area (Å²) < 4.78 is 28.8. The summed E-state index contributed by atoms with van der Waals surface area (Å²) in [5, 5.41) is 2.80. The third-order valence-corrected chi connectivity index (χ3v) is 6.36. The largest absolute Gasteiger partial charge is 0.355 e. The molecule has 1 aromatic carbocycles. The first-order valence-electron chi connectivity index (χ1n) is 8.89. The molecule has 2 aromatic rings. The molecule has 0 fully saturated rings. The third-order valence-electron chi connectivity index (χ3n) is 4.56. The summed E-state index contributed by atoms with van der Waals surface area (Å²) in [6.07, 6.45) is 0.800. The van der Waals surface area contributed by atoms with Gasteiger partial charge in [0.25, 0.3) is 5.56 Å². The van der Waals surface area contributed by atoms with E-state index in [-0.39, 0.29) is 16.8 Å². The zero-order valence-electron chi connectivity index (χ0n) is 16.7. The quantitative estimate of drug-likeness (QED) is 0.692. The van der Waals surface area contributed by atoms with Gasteiger partial charge in [-0.1, -0.05) is 13.8 Å². The van der Waals surface area contributed by atoms with Crippen molar-refractivity contribution in [1.82, 2.24) is 18.8 Å². The number of nitrogens with zero attached hydrogens (tertiary/aromatic N) is 3. The van der Waals surface area contributed by atoms with E-state index in [9.17, 15) is 22.8 Å². The van der Waals surface area contributed by atoms with Crippen LogP contribution in [0.5, 0.6) is 0 Å². The molecule has 1 aromatic heterocycles. The molecule has 0 unspecified atom stereocenters. The molecule has 1 N–H and O–H groups in total. The molecule has 0 spiro atoms. The Labute approximate surface area is 163 Å². The van der Waals surface area contributed by atoms with E-state index in [1.165, 1.54) is 43.9 Å². The minimum absolute atomic E-state index is 0.112. The molecule has 0 aliphatic heterocycles. The minimum atomic E-state index is -3.98. The Hall–Kier alpha value is -2.46. The highest BCUT2D eigenvalue weighted by Crippen LogP contribution is 2.18. The average Bonchev–Trinajstić information content (AvgIpc) is 2.63. The van der Waals surface area contributed by atoms with Gasteiger partial charge in [0.05, 0.1) is 22.3 Å². The lowest BCUT2D eigenvalue weighted by Gasteiger charge is -2.18. The zero-order valence-corrected chi connectivity index (χ0v) is 17.5. The number of nitrogens with one attached hydrogen (secondary N) is 1. The van der Waals surface area contributed by atoms with Crippen LogP contribution in [0.2, 0.25) is 0 Å². The smallest absolute Gasteiger partial charge is 0.330 e. The lowest BCUT2D eigenvalue weighted by Crippen LogP contribution is -2.39. The summed E-state index contributed by atoms with van der Waals surface area (Å²) in [5.41, 5.74) is -0.742. The molecule has 0 radical (unpaired) electrons. The van der Waals surface area contributed by atoms with Crippen molar-refractivity contribution in [2.75, 3.05) is 20.1 Å². The first-order valence-corrected chi connectivity index (χ1v) is 10.3. The van der Waals surface area contributed by atoms with E-state index < -0.39 is 27.2 Å². The molecule has 0 aliphatic rings. The Morgan fingerprint density at radius 1 is 1.18 bits per heavy atom. The molecule has 0 saturated carbocycles. The minimum Gasteiger partial charge on any atom is -0.355 e. The van der Waals surface area contributed by atoms with Crippen LogP contribution >= 0.6 is 0 Å². The Morgan fingerprint density at radius 3 is 2.43 bits per heavy atom. The highest BCUT2D eigenvalue weighted by molar-refractivity contribution is 7.89. The molecular weight excluding hydrogens is 384 g/mol. The monoisotopic (exact) mass is 410 g/mol. The van der Waals surface area contributed by atoms with E-state index in [4.69, 9.17) is 0 Å². The van der Waals surface area contributed by atoms with Crippen LogP contribution in [0.3, 0.4) is 0 Å². The summed E-state index contributed by atoms with van der Waals surface area (Å²) >= 11 is 0. The molecule has 0 atom stereocenters. The molecule has 0 bridgehead atoms. The zero-order chi connectivity index (χ0) is 21.2. The van der Waals surface area contributed by atoms with Crippen LogP contribution < -0.4 is 16.6 Å². The van der Waals surface area contributed by atoms with Crippen LogP contribution in [-0.4, -0.2) is 47.9 Å². The van der Waals surface area contributed by atoms with E-state index in [1.54, 1.807) is 0 Å². The van der Waals surface area contributed by atoms with Crippen molar-refractivity contribution >= 4 is 26.8 Å². The standard InChI is InChI=1S/C18H26N4O5S/c1-12(2)8-9-19-16(23)11-20(3)28(26,27)13-6-7-15-14(10-13)17(24)22(5)18(25)21(15)4/h6-7,10,12H,8-9,11H2,1-5H3,(H,19,23). The summed E-state index contributed by atoms with van der Waals surface area (Å²) in [4.78, 5) is 36.3. The number of carbonyl (C=O) groups is 1. The fourth-order valence-electron chi connectivity index (χ4n) is 2.76. The van der Waals surface area contributed by atoms with E-state index in [0.717, 1.165) is 15.3 Å². The van der Waals surface area contributed by atoms with Crippen molar-refractivity contribution < 1.29 is 13.2 Å². The Bertz CT molecular complexity index is 1120. The van der Waals surface area contributed by atoms with Gasteiger partial charge in [-0.25, -0.2) is 13.2 Å². The van der Waals surface area contributed by atoms with E-state index in [2.05, 4.69) is 5.32 Å². The number of hydrogen-bond donors (Lipinski definition) is 1. The van der Waals surface area contributed by atoms with Crippen molar-refractivity contribution in [3.05, 3.63) is 39.0 Å². The first-order chi connectivity index (χ1) is 13.0. The molecule has 1 amide bonds. The van der Waals surface area contributed by atoms with E-state index in [1.807, 2.05) is 13.8 Å². The predicted octanol–water partition coefficient (Wildman–Crippen LogP) is 0.0200. The van der Waals surface area contributed by atoms with Gasteiger partial charge in [0, 0.05) is 27.7 Å². The van der Waals surface area contributed by atoms with Crippen molar-refractivity contribution in [2.24, 2.45) is 20.0 Å². The molecule has 1 heterocycles. The van der Waals surface area contributed by atoms with Gasteiger partial charge in [0.1, 0.15) is 0 Å². The number of hydrogen-bond acceptors (Lipinski definition) is 5. The maximum atomic E-state index is 12.8. The number of benzene rings is 1. The summed E-state index contributed by atoms with van der Waals surface area (Å²) in [7, 11) is 0.162. The Kier molecular flexibility index (Phi) is 6.45. The third kappa shape index (κ3) is 4.33. The molecule has 10 heteroatoms.